The number of anilines is 1. The zero-order chi connectivity index (χ0) is 14.3. The molecule has 1 aromatic rings. The molecule has 0 spiro atoms. The Kier molecular flexibility index (Phi) is 3.47. The van der Waals surface area contributed by atoms with Crippen molar-refractivity contribution >= 4 is 15.8 Å². The van der Waals surface area contributed by atoms with Gasteiger partial charge in [0.25, 0.3) is 0 Å². The van der Waals surface area contributed by atoms with Gasteiger partial charge in [-0.3, -0.25) is 4.68 Å². The summed E-state index contributed by atoms with van der Waals surface area (Å²) in [4.78, 5) is 2.54. The van der Waals surface area contributed by atoms with Crippen LogP contribution in [-0.4, -0.2) is 48.3 Å². The van der Waals surface area contributed by atoms with Crippen molar-refractivity contribution in [1.29, 1.82) is 0 Å². The van der Waals surface area contributed by atoms with Crippen molar-refractivity contribution in [3.63, 3.8) is 0 Å². The van der Waals surface area contributed by atoms with Crippen LogP contribution in [0.3, 0.4) is 0 Å². The average molecular weight is 299 g/mol. The molecule has 2 aliphatic rings. The van der Waals surface area contributed by atoms with Gasteiger partial charge < -0.3 is 10.6 Å². The average Bonchev–Trinajstić information content (AvgIpc) is 2.94. The molecule has 0 amide bonds. The Morgan fingerprint density at radius 2 is 2.20 bits per heavy atom. The van der Waals surface area contributed by atoms with Crippen molar-refractivity contribution in [2.45, 2.75) is 42.7 Å². The second-order valence-corrected chi connectivity index (χ2v) is 7.41. The SMILES string of the molecule is Cn1cc(S(=O)(=O)NC2CCN3CCCC3C2)c(N)n1. The molecular formula is C12H21N5O2S. The molecule has 1 aromatic heterocycles. The molecule has 2 saturated heterocycles. The van der Waals surface area contributed by atoms with Crippen LogP contribution >= 0.6 is 0 Å². The Bertz CT molecular complexity index is 597. The Morgan fingerprint density at radius 3 is 2.90 bits per heavy atom. The fourth-order valence-electron chi connectivity index (χ4n) is 3.31. The number of nitrogen functional groups attached to an aromatic ring is 1. The Balaban J connectivity index is 1.72. The van der Waals surface area contributed by atoms with Crippen LogP contribution in [0, 0.1) is 0 Å². The van der Waals surface area contributed by atoms with Crippen molar-refractivity contribution in [1.82, 2.24) is 19.4 Å². The molecule has 8 heteroatoms. The lowest BCUT2D eigenvalue weighted by atomic mass is 9.99. The minimum absolute atomic E-state index is 0.000967. The van der Waals surface area contributed by atoms with Crippen LogP contribution in [0.2, 0.25) is 0 Å². The quantitative estimate of drug-likeness (QED) is 0.813. The van der Waals surface area contributed by atoms with Crippen LogP contribution in [0.15, 0.2) is 11.1 Å². The minimum Gasteiger partial charge on any atom is -0.381 e. The van der Waals surface area contributed by atoms with Gasteiger partial charge in [-0.2, -0.15) is 5.10 Å². The third kappa shape index (κ3) is 2.55. The number of nitrogens with zero attached hydrogens (tertiary/aromatic N) is 3. The number of aryl methyl sites for hydroxylation is 1. The zero-order valence-electron chi connectivity index (χ0n) is 11.6. The summed E-state index contributed by atoms with van der Waals surface area (Å²) in [5, 5.41) is 3.89. The van der Waals surface area contributed by atoms with Crippen molar-refractivity contribution in [3.8, 4) is 0 Å². The van der Waals surface area contributed by atoms with E-state index in [2.05, 4.69) is 14.7 Å². The van der Waals surface area contributed by atoms with Gasteiger partial charge in [0.05, 0.1) is 0 Å². The first-order valence-electron chi connectivity index (χ1n) is 7.01. The van der Waals surface area contributed by atoms with E-state index in [1.165, 1.54) is 23.7 Å². The molecule has 0 aliphatic carbocycles. The molecule has 0 saturated carbocycles. The molecule has 2 atom stereocenters. The molecule has 2 fully saturated rings. The number of piperidine rings is 1. The van der Waals surface area contributed by atoms with Crippen molar-refractivity contribution < 1.29 is 8.42 Å². The third-order valence-electron chi connectivity index (χ3n) is 4.25. The van der Waals surface area contributed by atoms with Crippen molar-refractivity contribution in [2.75, 3.05) is 18.8 Å². The first kappa shape index (κ1) is 13.8. The monoisotopic (exact) mass is 299 g/mol. The standard InChI is InChI=1S/C12H21N5O2S/c1-16-8-11(12(13)14-16)20(18,19)15-9-4-6-17-5-2-3-10(17)7-9/h8-10,15H,2-7H2,1H3,(H2,13,14). The Morgan fingerprint density at radius 1 is 1.40 bits per heavy atom. The highest BCUT2D eigenvalue weighted by atomic mass is 32.2. The maximum absolute atomic E-state index is 12.4. The first-order valence-corrected chi connectivity index (χ1v) is 8.49. The van der Waals surface area contributed by atoms with E-state index in [4.69, 9.17) is 5.73 Å². The van der Waals surface area contributed by atoms with E-state index in [0.717, 1.165) is 25.9 Å². The van der Waals surface area contributed by atoms with Crippen LogP contribution in [0.25, 0.3) is 0 Å². The van der Waals surface area contributed by atoms with Gasteiger partial charge in [-0.25, -0.2) is 13.1 Å². The van der Waals surface area contributed by atoms with Crippen LogP contribution in [-0.2, 0) is 17.1 Å². The van der Waals surface area contributed by atoms with E-state index in [-0.39, 0.29) is 16.8 Å². The summed E-state index contributed by atoms with van der Waals surface area (Å²) in [7, 11) is -1.92. The number of nitrogens with one attached hydrogen (secondary N) is 1. The maximum Gasteiger partial charge on any atom is 0.246 e. The molecular weight excluding hydrogens is 278 g/mol. The number of rotatable bonds is 3. The highest BCUT2D eigenvalue weighted by molar-refractivity contribution is 7.89. The van der Waals surface area contributed by atoms with Gasteiger partial charge in [-0.15, -0.1) is 0 Å². The first-order chi connectivity index (χ1) is 9.45. The van der Waals surface area contributed by atoms with E-state index < -0.39 is 10.0 Å². The van der Waals surface area contributed by atoms with Gasteiger partial charge in [0.15, 0.2) is 5.82 Å². The second kappa shape index (κ2) is 5.01. The van der Waals surface area contributed by atoms with E-state index in [1.807, 2.05) is 0 Å². The summed E-state index contributed by atoms with van der Waals surface area (Å²) >= 11 is 0. The number of sulfonamides is 1. The van der Waals surface area contributed by atoms with Gasteiger partial charge >= 0.3 is 0 Å². The molecule has 7 nitrogen and oxygen atoms in total. The number of hydrogen-bond acceptors (Lipinski definition) is 5. The van der Waals surface area contributed by atoms with E-state index in [1.54, 1.807) is 7.05 Å². The molecule has 3 rings (SSSR count). The molecule has 2 unspecified atom stereocenters. The number of nitrogens with two attached hydrogens (primary N) is 1. The van der Waals surface area contributed by atoms with Crippen LogP contribution in [0.1, 0.15) is 25.7 Å². The van der Waals surface area contributed by atoms with Crippen LogP contribution in [0.4, 0.5) is 5.82 Å². The predicted molar refractivity (Wildman–Crippen MR) is 75.6 cm³/mol. The molecule has 112 valence electrons. The summed E-state index contributed by atoms with van der Waals surface area (Å²) in [6.07, 6.45) is 5.59. The third-order valence-corrected chi connectivity index (χ3v) is 5.79. The lowest BCUT2D eigenvalue weighted by Crippen LogP contribution is -2.47. The van der Waals surface area contributed by atoms with Crippen LogP contribution < -0.4 is 10.5 Å². The summed E-state index contributed by atoms with van der Waals surface area (Å²) in [6.45, 7) is 2.13. The van der Waals surface area contributed by atoms with Crippen molar-refractivity contribution in [3.05, 3.63) is 6.20 Å². The zero-order valence-corrected chi connectivity index (χ0v) is 12.4. The molecule has 20 heavy (non-hydrogen) atoms. The molecule has 3 N–H and O–H groups in total. The molecule has 0 aromatic carbocycles. The topological polar surface area (TPSA) is 93.2 Å². The lowest BCUT2D eigenvalue weighted by molar-refractivity contribution is 0.176. The van der Waals surface area contributed by atoms with Gasteiger partial charge in [0.1, 0.15) is 4.90 Å². The second-order valence-electron chi connectivity index (χ2n) is 5.73. The Hall–Kier alpha value is -1.12. The largest absolute Gasteiger partial charge is 0.381 e. The smallest absolute Gasteiger partial charge is 0.246 e. The summed E-state index contributed by atoms with van der Waals surface area (Å²) < 4.78 is 28.9. The molecule has 3 heterocycles. The Labute approximate surface area is 119 Å². The van der Waals surface area contributed by atoms with Gasteiger partial charge in [0, 0.05) is 25.3 Å². The molecule has 2 aliphatic heterocycles. The highest BCUT2D eigenvalue weighted by Crippen LogP contribution is 2.28. The number of aromatic nitrogens is 2. The van der Waals surface area contributed by atoms with Gasteiger partial charge in [-0.1, -0.05) is 0 Å². The molecule has 0 radical (unpaired) electrons. The molecule has 0 bridgehead atoms. The number of hydrogen-bond donors (Lipinski definition) is 2. The normalized spacial score (nSPS) is 27.6. The van der Waals surface area contributed by atoms with Gasteiger partial charge in [-0.05, 0) is 38.8 Å². The minimum atomic E-state index is -3.58. The van der Waals surface area contributed by atoms with E-state index >= 15 is 0 Å². The van der Waals surface area contributed by atoms with E-state index in [9.17, 15) is 8.42 Å². The van der Waals surface area contributed by atoms with Crippen LogP contribution in [0.5, 0.6) is 0 Å². The number of fused-ring (bicyclic) bond motifs is 1. The predicted octanol–water partition coefficient (Wildman–Crippen LogP) is -0.0926. The lowest BCUT2D eigenvalue weighted by Gasteiger charge is -2.34. The fraction of sp³-hybridized carbons (Fsp3) is 0.750. The van der Waals surface area contributed by atoms with Gasteiger partial charge in [0.2, 0.25) is 10.0 Å². The van der Waals surface area contributed by atoms with E-state index in [0.29, 0.717) is 6.04 Å². The fourth-order valence-corrected chi connectivity index (χ4v) is 4.69. The highest BCUT2D eigenvalue weighted by Gasteiger charge is 2.34. The maximum atomic E-state index is 12.4. The summed E-state index contributed by atoms with van der Waals surface area (Å²) in [5.74, 6) is 0.0540. The summed E-state index contributed by atoms with van der Waals surface area (Å²) in [6, 6.07) is 0.529. The van der Waals surface area contributed by atoms with Crippen molar-refractivity contribution in [2.24, 2.45) is 7.05 Å². The summed E-state index contributed by atoms with van der Waals surface area (Å²) in [5.41, 5.74) is 5.66.